The van der Waals surface area contributed by atoms with Gasteiger partial charge in [0, 0.05) is 49.0 Å². The maximum atomic E-state index is 6.80. The lowest BCUT2D eigenvalue weighted by molar-refractivity contribution is 0.665. The molecule has 232 valence electrons. The molecule has 0 spiro atoms. The minimum Gasteiger partial charge on any atom is -0.455 e. The Labute approximate surface area is 285 Å². The van der Waals surface area contributed by atoms with Crippen molar-refractivity contribution >= 4 is 76.5 Å². The van der Waals surface area contributed by atoms with Gasteiger partial charge >= 0.3 is 0 Å². The summed E-state index contributed by atoms with van der Waals surface area (Å²) in [6.07, 6.45) is 1.90. The molecule has 0 N–H and O–H groups in total. The second kappa shape index (κ2) is 10.4. The predicted molar refractivity (Wildman–Crippen MR) is 205 cm³/mol. The van der Waals surface area contributed by atoms with Crippen molar-refractivity contribution in [2.24, 2.45) is 0 Å². The van der Waals surface area contributed by atoms with E-state index in [1.165, 1.54) is 10.8 Å². The fraction of sp³-hybridized carbons (Fsp3) is 0. The number of nitrogens with zero attached hydrogens (tertiary/aromatic N) is 2. The molecular weight excluding hydrogens is 613 g/mol. The van der Waals surface area contributed by atoms with E-state index >= 15 is 0 Å². The van der Waals surface area contributed by atoms with E-state index in [1.807, 2.05) is 24.4 Å². The van der Waals surface area contributed by atoms with Crippen LogP contribution in [0.5, 0.6) is 0 Å². The maximum Gasteiger partial charge on any atom is 0.144 e. The van der Waals surface area contributed by atoms with E-state index < -0.39 is 0 Å². The van der Waals surface area contributed by atoms with Crippen molar-refractivity contribution < 1.29 is 8.83 Å². The van der Waals surface area contributed by atoms with Gasteiger partial charge in [0.05, 0.1) is 22.9 Å². The summed E-state index contributed by atoms with van der Waals surface area (Å²) in [5, 5.41) is 8.73. The average Bonchev–Trinajstić information content (AvgIpc) is 3.75. The van der Waals surface area contributed by atoms with Crippen LogP contribution in [0.4, 0.5) is 0 Å². The Morgan fingerprint density at radius 2 is 1.02 bits per heavy atom. The number of hydrogen-bond donors (Lipinski definition) is 0. The Balaban J connectivity index is 1.19. The first-order valence-corrected chi connectivity index (χ1v) is 16.8. The second-order valence-corrected chi connectivity index (χ2v) is 12.9. The monoisotopic (exact) mass is 638 g/mol. The molecule has 0 fully saturated rings. The number of benzene rings is 8. The normalized spacial score (nSPS) is 12.0. The SMILES string of the molecule is c1ccc(-c2cccc3c2oc2cc4c(oc5ccccc54)c(-c4cccc(-c5cnc6c7ccccc7c7ccccc7c6n5)c4)c23)cc1. The summed E-state index contributed by atoms with van der Waals surface area (Å²) >= 11 is 0. The molecule has 8 aromatic carbocycles. The van der Waals surface area contributed by atoms with Crippen LogP contribution < -0.4 is 0 Å². The van der Waals surface area contributed by atoms with E-state index in [-0.39, 0.29) is 0 Å². The summed E-state index contributed by atoms with van der Waals surface area (Å²) < 4.78 is 13.5. The van der Waals surface area contributed by atoms with E-state index in [4.69, 9.17) is 18.8 Å². The van der Waals surface area contributed by atoms with Crippen LogP contribution in [0.2, 0.25) is 0 Å². The largest absolute Gasteiger partial charge is 0.455 e. The number of fused-ring (bicyclic) bond motifs is 12. The van der Waals surface area contributed by atoms with Crippen molar-refractivity contribution in [1.29, 1.82) is 0 Å². The van der Waals surface area contributed by atoms with E-state index in [9.17, 15) is 0 Å². The lowest BCUT2D eigenvalue weighted by Gasteiger charge is -2.11. The van der Waals surface area contributed by atoms with Gasteiger partial charge in [-0.05, 0) is 40.1 Å². The summed E-state index contributed by atoms with van der Waals surface area (Å²) in [7, 11) is 0. The lowest BCUT2D eigenvalue weighted by atomic mass is 9.94. The van der Waals surface area contributed by atoms with E-state index in [1.54, 1.807) is 0 Å². The third-order valence-electron chi connectivity index (χ3n) is 10.1. The van der Waals surface area contributed by atoms with E-state index in [2.05, 4.69) is 133 Å². The number of rotatable bonds is 3. The van der Waals surface area contributed by atoms with Crippen molar-refractivity contribution in [3.8, 4) is 33.5 Å². The molecule has 0 aliphatic heterocycles. The molecule has 0 saturated heterocycles. The fourth-order valence-corrected chi connectivity index (χ4v) is 7.85. The Kier molecular flexibility index (Phi) is 5.63. The van der Waals surface area contributed by atoms with Crippen LogP contribution in [-0.4, -0.2) is 9.97 Å². The van der Waals surface area contributed by atoms with Crippen LogP contribution in [-0.2, 0) is 0 Å². The van der Waals surface area contributed by atoms with Gasteiger partial charge in [0.15, 0.2) is 0 Å². The molecule has 0 unspecified atom stereocenters. The van der Waals surface area contributed by atoms with Crippen LogP contribution in [0.15, 0.2) is 167 Å². The molecule has 0 radical (unpaired) electrons. The van der Waals surface area contributed by atoms with Crippen molar-refractivity contribution in [3.63, 3.8) is 0 Å². The fourth-order valence-electron chi connectivity index (χ4n) is 7.85. The smallest absolute Gasteiger partial charge is 0.144 e. The van der Waals surface area contributed by atoms with Crippen LogP contribution >= 0.6 is 0 Å². The molecule has 11 aromatic rings. The number of aromatic nitrogens is 2. The summed E-state index contributed by atoms with van der Waals surface area (Å²) in [6, 6.07) is 52.7. The molecule has 4 heteroatoms. The molecule has 3 aromatic heterocycles. The van der Waals surface area contributed by atoms with Gasteiger partial charge in [-0.25, -0.2) is 4.98 Å². The summed E-state index contributed by atoms with van der Waals surface area (Å²) in [6.45, 7) is 0. The van der Waals surface area contributed by atoms with Gasteiger partial charge in [-0.2, -0.15) is 0 Å². The highest BCUT2D eigenvalue weighted by molar-refractivity contribution is 6.25. The molecular formula is C46H26N2O2. The molecule has 50 heavy (non-hydrogen) atoms. The Morgan fingerprint density at radius 3 is 1.84 bits per heavy atom. The molecule has 0 bridgehead atoms. The van der Waals surface area contributed by atoms with Crippen molar-refractivity contribution in [3.05, 3.63) is 158 Å². The Bertz CT molecular complexity index is 3120. The standard InChI is InChI=1S/C46H26N2O2/c1-2-12-27(13-3-1)30-21-11-22-36-42-40(50-45(30)36)25-37-33-18-8-9-23-39(33)49-46(37)41(42)29-15-10-14-28(24-29)38-26-47-43-34-19-6-4-16-31(34)32-17-5-7-20-35(32)44(43)48-38/h1-26H. The first-order valence-electron chi connectivity index (χ1n) is 16.8. The number of para-hydroxylation sites is 2. The molecule has 3 heterocycles. The van der Waals surface area contributed by atoms with Crippen molar-refractivity contribution in [2.45, 2.75) is 0 Å². The van der Waals surface area contributed by atoms with Crippen molar-refractivity contribution in [2.75, 3.05) is 0 Å². The van der Waals surface area contributed by atoms with Gasteiger partial charge in [-0.1, -0.05) is 133 Å². The second-order valence-electron chi connectivity index (χ2n) is 12.9. The highest BCUT2D eigenvalue weighted by atomic mass is 16.3. The minimum atomic E-state index is 0.816. The zero-order valence-corrected chi connectivity index (χ0v) is 26.7. The molecule has 0 atom stereocenters. The molecule has 4 nitrogen and oxygen atoms in total. The maximum absolute atomic E-state index is 6.80. The van der Waals surface area contributed by atoms with Crippen molar-refractivity contribution in [1.82, 2.24) is 9.97 Å². The third kappa shape index (κ3) is 3.87. The Hall–Kier alpha value is -6.78. The zero-order chi connectivity index (χ0) is 32.8. The summed E-state index contributed by atoms with van der Waals surface area (Å²) in [5.41, 5.74) is 11.2. The van der Waals surface area contributed by atoms with Crippen LogP contribution in [0, 0.1) is 0 Å². The first kappa shape index (κ1) is 27.2. The first-order chi connectivity index (χ1) is 24.8. The quantitative estimate of drug-likeness (QED) is 0.181. The van der Waals surface area contributed by atoms with Crippen LogP contribution in [0.1, 0.15) is 0 Å². The average molecular weight is 639 g/mol. The molecule has 0 aliphatic rings. The minimum absolute atomic E-state index is 0.816. The van der Waals surface area contributed by atoms with Gasteiger partial charge in [0.1, 0.15) is 22.3 Å². The number of furan rings is 2. The van der Waals surface area contributed by atoms with Gasteiger partial charge in [-0.15, -0.1) is 0 Å². The van der Waals surface area contributed by atoms with Crippen LogP contribution in [0.3, 0.4) is 0 Å². The van der Waals surface area contributed by atoms with E-state index in [0.717, 1.165) is 99.2 Å². The topological polar surface area (TPSA) is 52.1 Å². The van der Waals surface area contributed by atoms with Gasteiger partial charge in [0.2, 0.25) is 0 Å². The summed E-state index contributed by atoms with van der Waals surface area (Å²) in [4.78, 5) is 10.3. The lowest BCUT2D eigenvalue weighted by Crippen LogP contribution is -1.92. The number of hydrogen-bond acceptors (Lipinski definition) is 4. The van der Waals surface area contributed by atoms with Gasteiger partial charge in [0.25, 0.3) is 0 Å². The van der Waals surface area contributed by atoms with Crippen LogP contribution in [0.25, 0.3) is 110 Å². The molecule has 11 rings (SSSR count). The summed E-state index contributed by atoms with van der Waals surface area (Å²) in [5.74, 6) is 0. The highest BCUT2D eigenvalue weighted by Crippen LogP contribution is 2.47. The highest BCUT2D eigenvalue weighted by Gasteiger charge is 2.23. The third-order valence-corrected chi connectivity index (χ3v) is 10.1. The predicted octanol–water partition coefficient (Wildman–Crippen LogP) is 12.7. The molecule has 0 saturated carbocycles. The molecule has 0 aliphatic carbocycles. The van der Waals surface area contributed by atoms with Gasteiger partial charge in [-0.3, -0.25) is 4.98 Å². The Morgan fingerprint density at radius 1 is 0.400 bits per heavy atom. The van der Waals surface area contributed by atoms with Gasteiger partial charge < -0.3 is 8.83 Å². The zero-order valence-electron chi connectivity index (χ0n) is 26.7. The van der Waals surface area contributed by atoms with E-state index in [0.29, 0.717) is 0 Å². The molecule has 0 amide bonds.